The minimum Gasteiger partial charge on any atom is -0.488 e. The highest BCUT2D eigenvalue weighted by Crippen LogP contribution is 2.23. The number of hydrogen-bond donors (Lipinski definition) is 1. The van der Waals surface area contributed by atoms with Crippen LogP contribution < -0.4 is 10.5 Å². The molecule has 0 spiro atoms. The Morgan fingerprint density at radius 2 is 1.95 bits per heavy atom. The van der Waals surface area contributed by atoms with E-state index in [1.807, 2.05) is 0 Å². The van der Waals surface area contributed by atoms with Crippen LogP contribution in [0.4, 0.5) is 8.78 Å². The van der Waals surface area contributed by atoms with Gasteiger partial charge in [-0.05, 0) is 45.8 Å². The second-order valence-electron chi connectivity index (χ2n) is 4.01. The lowest BCUT2D eigenvalue weighted by Gasteiger charge is -2.11. The molecule has 2 N–H and O–H groups in total. The van der Waals surface area contributed by atoms with Crippen molar-refractivity contribution >= 4 is 33.1 Å². The van der Waals surface area contributed by atoms with Crippen molar-refractivity contribution in [1.29, 1.82) is 0 Å². The van der Waals surface area contributed by atoms with Crippen LogP contribution in [0.3, 0.4) is 0 Å². The van der Waals surface area contributed by atoms with Crippen molar-refractivity contribution in [3.63, 3.8) is 0 Å². The lowest BCUT2D eigenvalue weighted by atomic mass is 10.2. The molecule has 0 atom stereocenters. The van der Waals surface area contributed by atoms with E-state index in [1.165, 1.54) is 18.2 Å². The molecule has 0 aliphatic rings. The number of benzene rings is 2. The Morgan fingerprint density at radius 1 is 1.20 bits per heavy atom. The monoisotopic (exact) mass is 357 g/mol. The van der Waals surface area contributed by atoms with Gasteiger partial charge in [-0.1, -0.05) is 24.4 Å². The van der Waals surface area contributed by atoms with Crippen molar-refractivity contribution in [2.24, 2.45) is 5.73 Å². The normalized spacial score (nSPS) is 10.3. The smallest absolute Gasteiger partial charge is 0.137 e. The van der Waals surface area contributed by atoms with Gasteiger partial charge in [-0.15, -0.1) is 0 Å². The molecule has 0 saturated heterocycles. The quantitative estimate of drug-likeness (QED) is 0.841. The maximum atomic E-state index is 13.6. The van der Waals surface area contributed by atoms with Crippen molar-refractivity contribution in [1.82, 2.24) is 0 Å². The van der Waals surface area contributed by atoms with Gasteiger partial charge in [0.2, 0.25) is 0 Å². The van der Waals surface area contributed by atoms with Gasteiger partial charge >= 0.3 is 0 Å². The van der Waals surface area contributed by atoms with Crippen LogP contribution in [-0.2, 0) is 6.61 Å². The van der Waals surface area contributed by atoms with Gasteiger partial charge < -0.3 is 10.5 Å². The largest absolute Gasteiger partial charge is 0.488 e. The molecular weight excluding hydrogens is 348 g/mol. The average molecular weight is 358 g/mol. The zero-order valence-electron chi connectivity index (χ0n) is 10.2. The SMILES string of the molecule is NC(=S)c1c(F)cccc1OCc1ccc(F)c(Br)c1. The highest BCUT2D eigenvalue weighted by molar-refractivity contribution is 9.10. The molecule has 0 aliphatic carbocycles. The maximum absolute atomic E-state index is 13.6. The molecule has 6 heteroatoms. The van der Waals surface area contributed by atoms with E-state index in [0.29, 0.717) is 4.47 Å². The fourth-order valence-electron chi connectivity index (χ4n) is 1.65. The molecule has 0 aromatic heterocycles. The Balaban J connectivity index is 2.21. The predicted molar refractivity (Wildman–Crippen MR) is 80.7 cm³/mol. The van der Waals surface area contributed by atoms with E-state index < -0.39 is 5.82 Å². The van der Waals surface area contributed by atoms with Gasteiger partial charge in [-0.3, -0.25) is 0 Å². The molecule has 2 nitrogen and oxygen atoms in total. The summed E-state index contributed by atoms with van der Waals surface area (Å²) in [5.74, 6) is -0.628. The lowest BCUT2D eigenvalue weighted by molar-refractivity contribution is 0.303. The van der Waals surface area contributed by atoms with Crippen molar-refractivity contribution in [3.05, 3.63) is 63.6 Å². The van der Waals surface area contributed by atoms with Gasteiger partial charge in [0.25, 0.3) is 0 Å². The number of ether oxygens (including phenoxy) is 1. The molecule has 0 radical (unpaired) electrons. The molecule has 20 heavy (non-hydrogen) atoms. The van der Waals surface area contributed by atoms with E-state index in [0.717, 1.165) is 5.56 Å². The van der Waals surface area contributed by atoms with E-state index in [9.17, 15) is 8.78 Å². The molecule has 0 unspecified atom stereocenters. The summed E-state index contributed by atoms with van der Waals surface area (Å²) in [6, 6.07) is 8.84. The van der Waals surface area contributed by atoms with Gasteiger partial charge in [-0.2, -0.15) is 0 Å². The molecule has 104 valence electrons. The highest BCUT2D eigenvalue weighted by atomic mass is 79.9. The summed E-state index contributed by atoms with van der Waals surface area (Å²) in [6.45, 7) is 0.151. The third-order valence-electron chi connectivity index (χ3n) is 2.60. The molecule has 2 aromatic rings. The molecule has 0 bridgehead atoms. The summed E-state index contributed by atoms with van der Waals surface area (Å²) < 4.78 is 32.6. The van der Waals surface area contributed by atoms with Crippen LogP contribution in [0.5, 0.6) is 5.75 Å². The van der Waals surface area contributed by atoms with Crippen LogP contribution in [0.25, 0.3) is 0 Å². The number of nitrogens with two attached hydrogens (primary N) is 1. The van der Waals surface area contributed by atoms with E-state index in [2.05, 4.69) is 15.9 Å². The standard InChI is InChI=1S/C14H10BrF2NOS/c15-9-6-8(4-5-10(9)16)7-19-12-3-1-2-11(17)13(12)14(18)20/h1-6H,7H2,(H2,18,20). The Bertz CT molecular complexity index is 664. The number of halogens is 3. The molecule has 0 fully saturated rings. The third-order valence-corrected chi connectivity index (χ3v) is 3.41. The van der Waals surface area contributed by atoms with Crippen LogP contribution in [-0.4, -0.2) is 4.99 Å². The molecule has 0 amide bonds. The van der Waals surface area contributed by atoms with Gasteiger partial charge in [-0.25, -0.2) is 8.78 Å². The van der Waals surface area contributed by atoms with Gasteiger partial charge in [0, 0.05) is 0 Å². The third kappa shape index (κ3) is 3.32. The first-order valence-corrected chi connectivity index (χ1v) is 6.84. The Labute approximate surface area is 128 Å². The van der Waals surface area contributed by atoms with Crippen LogP contribution >= 0.6 is 28.1 Å². The Morgan fingerprint density at radius 3 is 2.60 bits per heavy atom. The summed E-state index contributed by atoms with van der Waals surface area (Å²) in [6.07, 6.45) is 0. The predicted octanol–water partition coefficient (Wildman–Crippen LogP) is 3.94. The molecule has 0 heterocycles. The first-order chi connectivity index (χ1) is 9.49. The van der Waals surface area contributed by atoms with E-state index >= 15 is 0 Å². The zero-order valence-corrected chi connectivity index (χ0v) is 12.6. The summed E-state index contributed by atoms with van der Waals surface area (Å²) in [4.78, 5) is -0.0709. The first kappa shape index (κ1) is 14.9. The summed E-state index contributed by atoms with van der Waals surface area (Å²) in [5, 5.41) is 0. The average Bonchev–Trinajstić information content (AvgIpc) is 2.39. The Hall–Kier alpha value is -1.53. The van der Waals surface area contributed by atoms with Crippen LogP contribution in [0.15, 0.2) is 40.9 Å². The second kappa shape index (κ2) is 6.28. The van der Waals surface area contributed by atoms with Crippen molar-refractivity contribution in [2.75, 3.05) is 0 Å². The molecular formula is C14H10BrF2NOS. The van der Waals surface area contributed by atoms with E-state index in [4.69, 9.17) is 22.7 Å². The van der Waals surface area contributed by atoms with Crippen molar-refractivity contribution < 1.29 is 13.5 Å². The van der Waals surface area contributed by atoms with E-state index in [1.54, 1.807) is 18.2 Å². The van der Waals surface area contributed by atoms with Gasteiger partial charge in [0.1, 0.15) is 29.0 Å². The van der Waals surface area contributed by atoms with E-state index in [-0.39, 0.29) is 28.7 Å². The minimum atomic E-state index is -0.532. The number of hydrogen-bond acceptors (Lipinski definition) is 2. The summed E-state index contributed by atoms with van der Waals surface area (Å²) in [7, 11) is 0. The van der Waals surface area contributed by atoms with Crippen molar-refractivity contribution in [2.45, 2.75) is 6.61 Å². The minimum absolute atomic E-state index is 0.0709. The fraction of sp³-hybridized carbons (Fsp3) is 0.0714. The van der Waals surface area contributed by atoms with Gasteiger partial charge in [0.15, 0.2) is 0 Å². The highest BCUT2D eigenvalue weighted by Gasteiger charge is 2.12. The Kier molecular flexibility index (Phi) is 4.67. The van der Waals surface area contributed by atoms with Crippen LogP contribution in [0.1, 0.15) is 11.1 Å². The van der Waals surface area contributed by atoms with Crippen LogP contribution in [0, 0.1) is 11.6 Å². The second-order valence-corrected chi connectivity index (χ2v) is 5.31. The maximum Gasteiger partial charge on any atom is 0.137 e. The molecule has 2 aromatic carbocycles. The van der Waals surface area contributed by atoms with Gasteiger partial charge in [0.05, 0.1) is 10.0 Å². The van der Waals surface area contributed by atoms with Crippen molar-refractivity contribution in [3.8, 4) is 5.75 Å². The fourth-order valence-corrected chi connectivity index (χ4v) is 2.28. The molecule has 0 saturated carbocycles. The van der Waals surface area contributed by atoms with Crippen LogP contribution in [0.2, 0.25) is 0 Å². The first-order valence-electron chi connectivity index (χ1n) is 5.64. The molecule has 2 rings (SSSR count). The lowest BCUT2D eigenvalue weighted by Crippen LogP contribution is -2.14. The molecule has 0 aliphatic heterocycles. The number of thiocarbonyl (C=S) groups is 1. The zero-order chi connectivity index (χ0) is 14.7. The summed E-state index contributed by atoms with van der Waals surface area (Å²) >= 11 is 7.90. The number of rotatable bonds is 4. The topological polar surface area (TPSA) is 35.2 Å². The summed E-state index contributed by atoms with van der Waals surface area (Å²) in [5.41, 5.74) is 6.29.